The average molecular weight is 396 g/mol. The van der Waals surface area contributed by atoms with Crippen LogP contribution in [-0.4, -0.2) is 54.1 Å². The number of likely N-dealkylation sites (tertiary alicyclic amines) is 1. The molecule has 0 spiro atoms. The Morgan fingerprint density at radius 2 is 1.64 bits per heavy atom. The first kappa shape index (κ1) is 24.0. The van der Waals surface area contributed by atoms with E-state index in [2.05, 4.69) is 31.4 Å². The molecular weight excluding hydrogens is 358 g/mol. The van der Waals surface area contributed by atoms with Crippen LogP contribution >= 0.6 is 0 Å². The monoisotopic (exact) mass is 395 g/mol. The molecule has 28 heavy (non-hydrogen) atoms. The van der Waals surface area contributed by atoms with E-state index in [0.29, 0.717) is 13.1 Å². The number of hydrogen-bond donors (Lipinski definition) is 2. The van der Waals surface area contributed by atoms with Gasteiger partial charge in [0.05, 0.1) is 0 Å². The SMILES string of the molecule is C/C(=C\C(=O)NC1CCN(C(=O)CCNC(=O)OC(C)(C)C)CC1)C(C)(C)C. The van der Waals surface area contributed by atoms with E-state index >= 15 is 0 Å². The van der Waals surface area contributed by atoms with Gasteiger partial charge in [-0.2, -0.15) is 0 Å². The maximum atomic E-state index is 12.3. The number of hydrogen-bond acceptors (Lipinski definition) is 4. The highest BCUT2D eigenvalue weighted by Crippen LogP contribution is 2.24. The number of alkyl carbamates (subject to hydrolysis) is 1. The lowest BCUT2D eigenvalue weighted by Gasteiger charge is -2.32. The Kier molecular flexibility index (Phi) is 8.51. The summed E-state index contributed by atoms with van der Waals surface area (Å²) in [5, 5.41) is 5.64. The number of carbonyl (C=O) groups excluding carboxylic acids is 3. The Morgan fingerprint density at radius 1 is 1.07 bits per heavy atom. The van der Waals surface area contributed by atoms with Gasteiger partial charge in [0.1, 0.15) is 5.60 Å². The molecule has 0 aromatic rings. The fourth-order valence-corrected chi connectivity index (χ4v) is 2.67. The molecule has 0 aromatic heterocycles. The van der Waals surface area contributed by atoms with Crippen molar-refractivity contribution in [2.45, 2.75) is 79.4 Å². The van der Waals surface area contributed by atoms with Crippen molar-refractivity contribution in [3.8, 4) is 0 Å². The number of piperidine rings is 1. The molecule has 1 heterocycles. The largest absolute Gasteiger partial charge is 0.444 e. The highest BCUT2D eigenvalue weighted by Gasteiger charge is 2.24. The standard InChI is InChI=1S/C21H37N3O4/c1-15(20(2,3)4)14-17(25)23-16-9-12-24(13-10-16)18(26)8-11-22-19(27)28-21(5,6)7/h14,16H,8-13H2,1-7H3,(H,22,27)(H,23,25)/b15-14+. The number of amides is 3. The number of nitrogens with one attached hydrogen (secondary N) is 2. The molecule has 2 N–H and O–H groups in total. The lowest BCUT2D eigenvalue weighted by atomic mass is 9.87. The highest BCUT2D eigenvalue weighted by atomic mass is 16.6. The van der Waals surface area contributed by atoms with Crippen LogP contribution in [0.25, 0.3) is 0 Å². The molecule has 0 aromatic carbocycles. The summed E-state index contributed by atoms with van der Waals surface area (Å²) in [7, 11) is 0. The van der Waals surface area contributed by atoms with E-state index in [9.17, 15) is 14.4 Å². The van der Waals surface area contributed by atoms with Crippen LogP contribution in [0.4, 0.5) is 4.79 Å². The zero-order chi connectivity index (χ0) is 21.5. The van der Waals surface area contributed by atoms with Crippen molar-refractivity contribution in [1.82, 2.24) is 15.5 Å². The Morgan fingerprint density at radius 3 is 2.14 bits per heavy atom. The van der Waals surface area contributed by atoms with Crippen LogP contribution in [0.1, 0.15) is 67.7 Å². The van der Waals surface area contributed by atoms with Crippen LogP contribution in [-0.2, 0) is 14.3 Å². The van der Waals surface area contributed by atoms with E-state index in [0.717, 1.165) is 18.4 Å². The van der Waals surface area contributed by atoms with E-state index in [-0.39, 0.29) is 36.2 Å². The molecule has 1 fully saturated rings. The number of allylic oxidation sites excluding steroid dienone is 1. The van der Waals surface area contributed by atoms with E-state index < -0.39 is 11.7 Å². The maximum Gasteiger partial charge on any atom is 0.407 e. The van der Waals surface area contributed by atoms with Crippen molar-refractivity contribution in [2.75, 3.05) is 19.6 Å². The molecule has 1 rings (SSSR count). The molecule has 0 radical (unpaired) electrons. The lowest BCUT2D eigenvalue weighted by Crippen LogP contribution is -2.47. The third-order valence-electron chi connectivity index (χ3n) is 4.73. The van der Waals surface area contributed by atoms with Crippen molar-refractivity contribution in [1.29, 1.82) is 0 Å². The summed E-state index contributed by atoms with van der Waals surface area (Å²) in [4.78, 5) is 37.8. The second-order valence-electron chi connectivity index (χ2n) is 9.42. The zero-order valence-corrected chi connectivity index (χ0v) is 18.5. The first-order valence-corrected chi connectivity index (χ1v) is 10.0. The van der Waals surface area contributed by atoms with Gasteiger partial charge in [-0.25, -0.2) is 4.79 Å². The maximum absolute atomic E-state index is 12.3. The van der Waals surface area contributed by atoms with Gasteiger partial charge in [-0.3, -0.25) is 9.59 Å². The third-order valence-corrected chi connectivity index (χ3v) is 4.73. The molecule has 1 aliphatic rings. The third kappa shape index (κ3) is 9.24. The van der Waals surface area contributed by atoms with E-state index in [1.165, 1.54) is 0 Å². The Balaban J connectivity index is 2.33. The van der Waals surface area contributed by atoms with Gasteiger partial charge in [-0.15, -0.1) is 0 Å². The quantitative estimate of drug-likeness (QED) is 0.701. The highest BCUT2D eigenvalue weighted by molar-refractivity contribution is 5.88. The van der Waals surface area contributed by atoms with Gasteiger partial charge in [0.25, 0.3) is 0 Å². The topological polar surface area (TPSA) is 87.7 Å². The lowest BCUT2D eigenvalue weighted by molar-refractivity contribution is -0.132. The first-order chi connectivity index (χ1) is 12.8. The molecule has 0 saturated carbocycles. The predicted molar refractivity (Wildman–Crippen MR) is 110 cm³/mol. The van der Waals surface area contributed by atoms with Crippen molar-refractivity contribution in [3.63, 3.8) is 0 Å². The van der Waals surface area contributed by atoms with Gasteiger partial charge < -0.3 is 20.3 Å². The number of carbonyl (C=O) groups is 3. The number of ether oxygens (including phenoxy) is 1. The first-order valence-electron chi connectivity index (χ1n) is 10.0. The van der Waals surface area contributed by atoms with E-state index in [1.54, 1.807) is 31.7 Å². The van der Waals surface area contributed by atoms with E-state index in [4.69, 9.17) is 4.74 Å². The van der Waals surface area contributed by atoms with Crippen molar-refractivity contribution >= 4 is 17.9 Å². The summed E-state index contributed by atoms with van der Waals surface area (Å²) in [5.41, 5.74) is 0.455. The zero-order valence-electron chi connectivity index (χ0n) is 18.5. The van der Waals surface area contributed by atoms with Crippen LogP contribution in [0.15, 0.2) is 11.6 Å². The summed E-state index contributed by atoms with van der Waals surface area (Å²) in [6.45, 7) is 15.0. The molecule has 1 aliphatic heterocycles. The minimum Gasteiger partial charge on any atom is -0.444 e. The number of rotatable bonds is 5. The molecule has 7 heteroatoms. The normalized spacial score (nSPS) is 16.5. The Labute approximate surface area is 169 Å². The van der Waals surface area contributed by atoms with Crippen LogP contribution in [0, 0.1) is 5.41 Å². The molecule has 1 saturated heterocycles. The van der Waals surface area contributed by atoms with Crippen molar-refractivity contribution < 1.29 is 19.1 Å². The molecule has 3 amide bonds. The van der Waals surface area contributed by atoms with E-state index in [1.807, 2.05) is 6.92 Å². The summed E-state index contributed by atoms with van der Waals surface area (Å²) < 4.78 is 5.14. The number of nitrogens with zero attached hydrogens (tertiary/aromatic N) is 1. The van der Waals surface area contributed by atoms with Gasteiger partial charge >= 0.3 is 6.09 Å². The van der Waals surface area contributed by atoms with Crippen LogP contribution < -0.4 is 10.6 Å². The summed E-state index contributed by atoms with van der Waals surface area (Å²) in [5.74, 6) is -0.0666. The Hall–Kier alpha value is -2.05. The molecule has 0 unspecified atom stereocenters. The molecule has 160 valence electrons. The van der Waals surface area contributed by atoms with Crippen molar-refractivity contribution in [2.24, 2.45) is 5.41 Å². The molecule has 7 nitrogen and oxygen atoms in total. The molecule has 0 bridgehead atoms. The fraction of sp³-hybridized carbons (Fsp3) is 0.762. The van der Waals surface area contributed by atoms with Gasteiger partial charge in [-0.1, -0.05) is 26.3 Å². The second kappa shape index (κ2) is 9.94. The fourth-order valence-electron chi connectivity index (χ4n) is 2.67. The van der Waals surface area contributed by atoms with Crippen LogP contribution in [0.3, 0.4) is 0 Å². The summed E-state index contributed by atoms with van der Waals surface area (Å²) in [6, 6.07) is 0.0838. The Bertz CT molecular complexity index is 592. The van der Waals surface area contributed by atoms with Crippen LogP contribution in [0.5, 0.6) is 0 Å². The molecule has 0 aliphatic carbocycles. The second-order valence-corrected chi connectivity index (χ2v) is 9.42. The van der Waals surface area contributed by atoms with Crippen LogP contribution in [0.2, 0.25) is 0 Å². The molecular formula is C21H37N3O4. The molecule has 0 atom stereocenters. The smallest absolute Gasteiger partial charge is 0.407 e. The minimum atomic E-state index is -0.555. The minimum absolute atomic E-state index is 0.00399. The van der Waals surface area contributed by atoms with Gasteiger partial charge in [0.15, 0.2) is 0 Å². The van der Waals surface area contributed by atoms with Gasteiger partial charge in [0.2, 0.25) is 11.8 Å². The van der Waals surface area contributed by atoms with Gasteiger partial charge in [-0.05, 0) is 46.0 Å². The summed E-state index contributed by atoms with van der Waals surface area (Å²) in [6.07, 6.45) is 2.86. The summed E-state index contributed by atoms with van der Waals surface area (Å²) >= 11 is 0. The predicted octanol–water partition coefficient (Wildman–Crippen LogP) is 3.00. The van der Waals surface area contributed by atoms with Crippen molar-refractivity contribution in [3.05, 3.63) is 11.6 Å². The van der Waals surface area contributed by atoms with Gasteiger partial charge in [0, 0.05) is 38.2 Å². The average Bonchev–Trinajstić information content (AvgIpc) is 2.52.